The molecule has 4 aliphatic carbocycles. The Morgan fingerprint density at radius 1 is 0.900 bits per heavy atom. The Morgan fingerprint density at radius 2 is 1.57 bits per heavy atom. The number of hydrogen-bond donors (Lipinski definition) is 0. The maximum atomic E-state index is 12.7. The van der Waals surface area contributed by atoms with E-state index in [0.717, 1.165) is 41.9 Å². The van der Waals surface area contributed by atoms with Gasteiger partial charge in [-0.1, -0.05) is 85.7 Å². The highest BCUT2D eigenvalue weighted by Gasteiger charge is 2.62. The van der Waals surface area contributed by atoms with Gasteiger partial charge >= 0.3 is 0 Å². The number of halogens is 2. The summed E-state index contributed by atoms with van der Waals surface area (Å²) in [5.41, 5.74) is 0.884. The number of alkyl halides is 2. The van der Waals surface area contributed by atoms with Crippen LogP contribution in [-0.4, -0.2) is 15.4 Å². The van der Waals surface area contributed by atoms with Crippen molar-refractivity contribution in [3.8, 4) is 0 Å². The fraction of sp³-hybridized carbons (Fsp3) is 0.963. The van der Waals surface area contributed by atoms with Crippen molar-refractivity contribution in [3.05, 3.63) is 0 Å². The Kier molecular flexibility index (Phi) is 6.95. The van der Waals surface area contributed by atoms with Gasteiger partial charge in [-0.2, -0.15) is 0 Å². The lowest BCUT2D eigenvalue weighted by atomic mass is 9.44. The second-order valence-corrected chi connectivity index (χ2v) is 14.7. The van der Waals surface area contributed by atoms with E-state index in [0.29, 0.717) is 22.5 Å². The molecule has 172 valence electrons. The fourth-order valence-electron chi connectivity index (χ4n) is 9.15. The number of carbonyl (C=O) groups excluding carboxylic acids is 1. The molecule has 0 aliphatic heterocycles. The average molecular weight is 544 g/mol. The van der Waals surface area contributed by atoms with Gasteiger partial charge in [-0.05, 0) is 97.2 Å². The van der Waals surface area contributed by atoms with Crippen molar-refractivity contribution in [3.63, 3.8) is 0 Å². The van der Waals surface area contributed by atoms with Crippen LogP contribution in [0.15, 0.2) is 0 Å². The van der Waals surface area contributed by atoms with Gasteiger partial charge in [0.15, 0.2) is 5.78 Å². The molecule has 10 atom stereocenters. The Balaban J connectivity index is 1.50. The Labute approximate surface area is 202 Å². The van der Waals surface area contributed by atoms with Gasteiger partial charge in [-0.15, -0.1) is 0 Å². The van der Waals surface area contributed by atoms with E-state index in [-0.39, 0.29) is 9.65 Å². The zero-order valence-electron chi connectivity index (χ0n) is 19.9. The second-order valence-electron chi connectivity index (χ2n) is 12.6. The fourth-order valence-corrected chi connectivity index (χ4v) is 11.7. The van der Waals surface area contributed by atoms with Crippen LogP contribution in [0, 0.1) is 52.3 Å². The average Bonchev–Trinajstić information content (AvgIpc) is 3.03. The second kappa shape index (κ2) is 8.77. The minimum Gasteiger partial charge on any atom is -0.297 e. The van der Waals surface area contributed by atoms with Crippen molar-refractivity contribution in [2.24, 2.45) is 52.3 Å². The van der Waals surface area contributed by atoms with Gasteiger partial charge < -0.3 is 0 Å². The van der Waals surface area contributed by atoms with Gasteiger partial charge in [-0.3, -0.25) is 4.79 Å². The van der Waals surface area contributed by atoms with Crippen molar-refractivity contribution >= 4 is 37.6 Å². The molecule has 0 heterocycles. The third kappa shape index (κ3) is 3.82. The lowest BCUT2D eigenvalue weighted by Crippen LogP contribution is -2.58. The van der Waals surface area contributed by atoms with E-state index in [2.05, 4.69) is 66.5 Å². The highest BCUT2D eigenvalue weighted by atomic mass is 79.9. The summed E-state index contributed by atoms with van der Waals surface area (Å²) in [5.74, 6) is 6.23. The number of ketones is 1. The molecule has 4 saturated carbocycles. The largest absolute Gasteiger partial charge is 0.297 e. The summed E-state index contributed by atoms with van der Waals surface area (Å²) in [4.78, 5) is 12.8. The van der Waals surface area contributed by atoms with Crippen LogP contribution in [0.25, 0.3) is 0 Å². The third-order valence-corrected chi connectivity index (χ3v) is 12.6. The van der Waals surface area contributed by atoms with Crippen LogP contribution in [0.4, 0.5) is 0 Å². The van der Waals surface area contributed by atoms with Crippen LogP contribution >= 0.6 is 31.9 Å². The van der Waals surface area contributed by atoms with E-state index in [9.17, 15) is 4.79 Å². The van der Waals surface area contributed by atoms with Crippen LogP contribution in [0.2, 0.25) is 0 Å². The molecule has 0 N–H and O–H groups in total. The first-order valence-corrected chi connectivity index (χ1v) is 14.7. The van der Waals surface area contributed by atoms with E-state index < -0.39 is 0 Å². The third-order valence-electron chi connectivity index (χ3n) is 10.7. The van der Waals surface area contributed by atoms with Crippen LogP contribution in [0.1, 0.15) is 98.8 Å². The monoisotopic (exact) mass is 542 g/mol. The van der Waals surface area contributed by atoms with Gasteiger partial charge in [0.2, 0.25) is 0 Å². The molecule has 4 rings (SSSR count). The smallest absolute Gasteiger partial charge is 0.160 e. The molecule has 4 fully saturated rings. The minimum atomic E-state index is 0.0486. The first-order chi connectivity index (χ1) is 14.1. The summed E-state index contributed by atoms with van der Waals surface area (Å²) >= 11 is 7.60. The number of carbonyl (C=O) groups is 1. The highest BCUT2D eigenvalue weighted by Crippen LogP contribution is 2.68. The number of fused-ring (bicyclic) bond motifs is 5. The molecule has 3 heteroatoms. The summed E-state index contributed by atoms with van der Waals surface area (Å²) in [6.07, 6.45) is 13.6. The molecule has 0 amide bonds. The summed E-state index contributed by atoms with van der Waals surface area (Å²) < 4.78 is 0. The Morgan fingerprint density at radius 3 is 2.27 bits per heavy atom. The molecule has 0 unspecified atom stereocenters. The molecule has 0 aromatic carbocycles. The molecule has 1 nitrogen and oxygen atoms in total. The predicted octanol–water partition coefficient (Wildman–Crippen LogP) is 8.42. The number of Topliss-reactive ketones (excluding diaryl/α,β-unsaturated/α-hetero) is 1. The van der Waals surface area contributed by atoms with Crippen molar-refractivity contribution in [1.29, 1.82) is 0 Å². The molecule has 0 spiro atoms. The van der Waals surface area contributed by atoms with Crippen molar-refractivity contribution < 1.29 is 4.79 Å². The molecule has 30 heavy (non-hydrogen) atoms. The van der Waals surface area contributed by atoms with Crippen molar-refractivity contribution in [2.75, 3.05) is 0 Å². The molecule has 0 aromatic heterocycles. The Bertz CT molecular complexity index is 647. The van der Waals surface area contributed by atoms with Crippen molar-refractivity contribution in [1.82, 2.24) is 0 Å². The van der Waals surface area contributed by atoms with Gasteiger partial charge in [0.1, 0.15) is 0 Å². The maximum Gasteiger partial charge on any atom is 0.160 e. The summed E-state index contributed by atoms with van der Waals surface area (Å²) in [7, 11) is 0. The molecule has 4 aliphatic rings. The summed E-state index contributed by atoms with van der Waals surface area (Å²) in [5, 5.41) is 0. The lowest BCUT2D eigenvalue weighted by molar-refractivity contribution is -0.137. The van der Waals surface area contributed by atoms with E-state index in [1.54, 1.807) is 0 Å². The molecular formula is C27H44Br2O. The maximum absolute atomic E-state index is 12.7. The van der Waals surface area contributed by atoms with E-state index in [4.69, 9.17) is 0 Å². The number of rotatable bonds is 5. The van der Waals surface area contributed by atoms with Crippen molar-refractivity contribution in [2.45, 2.75) is 108 Å². The lowest BCUT2D eigenvalue weighted by Gasteiger charge is -2.61. The summed E-state index contributed by atoms with van der Waals surface area (Å²) in [6.45, 7) is 12.5. The first kappa shape index (κ1) is 23.8. The van der Waals surface area contributed by atoms with Crippen LogP contribution in [0.5, 0.6) is 0 Å². The van der Waals surface area contributed by atoms with Crippen LogP contribution in [-0.2, 0) is 4.79 Å². The standard InChI is InChI=1S/C27H44Br2O/c1-16(2)7-6-8-17(3)19-11-12-20-18-9-10-22-24(29)25(30)23(28)15-27(22,5)21(18)13-14-26(19,20)4/h16-24H,6-15H2,1-5H3/t17-,18+,19-,20+,21+,22+,23+,24-,26-,27-/m1/s1. The van der Waals surface area contributed by atoms with E-state index in [1.165, 1.54) is 57.8 Å². The zero-order valence-corrected chi connectivity index (χ0v) is 23.1. The molecule has 0 radical (unpaired) electrons. The molecule has 0 saturated heterocycles. The Hall–Kier alpha value is 0.630. The normalized spacial score (nSPS) is 49.5. The SMILES string of the molecule is CC(C)CCC[C@@H](C)[C@H]1CC[C@H]2[C@@H]3CC[C@H]4[C@@H](Br)C(=O)[C@@H](Br)C[C@]4(C)[C@H]3CC[C@]12C. The molecule has 0 aromatic rings. The first-order valence-electron chi connectivity index (χ1n) is 12.9. The van der Waals surface area contributed by atoms with E-state index >= 15 is 0 Å². The summed E-state index contributed by atoms with van der Waals surface area (Å²) in [6, 6.07) is 0. The van der Waals surface area contributed by atoms with Gasteiger partial charge in [0.05, 0.1) is 9.65 Å². The zero-order chi connectivity index (χ0) is 21.8. The van der Waals surface area contributed by atoms with Crippen LogP contribution in [0.3, 0.4) is 0 Å². The van der Waals surface area contributed by atoms with Gasteiger partial charge in [0.25, 0.3) is 0 Å². The predicted molar refractivity (Wildman–Crippen MR) is 134 cm³/mol. The molecular weight excluding hydrogens is 500 g/mol. The quantitative estimate of drug-likeness (QED) is 0.318. The molecule has 0 bridgehead atoms. The van der Waals surface area contributed by atoms with Crippen LogP contribution < -0.4 is 0 Å². The van der Waals surface area contributed by atoms with Gasteiger partial charge in [0, 0.05) is 0 Å². The van der Waals surface area contributed by atoms with Gasteiger partial charge in [-0.25, -0.2) is 0 Å². The number of hydrogen-bond acceptors (Lipinski definition) is 1. The van der Waals surface area contributed by atoms with E-state index in [1.807, 2.05) is 0 Å². The topological polar surface area (TPSA) is 17.1 Å². The minimum absolute atomic E-state index is 0.0486. The highest BCUT2D eigenvalue weighted by molar-refractivity contribution is 9.10.